The number of fused-ring (bicyclic) bond motifs is 1. The second-order valence-corrected chi connectivity index (χ2v) is 7.94. The molecule has 3 saturated carbocycles. The lowest BCUT2D eigenvalue weighted by atomic mass is 9.61. The summed E-state index contributed by atoms with van der Waals surface area (Å²) < 4.78 is 5.38. The minimum absolute atomic E-state index is 0.114. The number of hydrogen-bond donors (Lipinski definition) is 0. The molecule has 0 aromatic carbocycles. The third-order valence-electron chi connectivity index (χ3n) is 6.84. The Morgan fingerprint density at radius 2 is 1.86 bits per heavy atom. The summed E-state index contributed by atoms with van der Waals surface area (Å²) in [4.78, 5) is 11.1. The smallest absolute Gasteiger partial charge is 0.302 e. The molecule has 0 aromatic heterocycles. The molecule has 2 heteroatoms. The molecule has 2 nitrogen and oxygen atoms in total. The molecule has 0 bridgehead atoms. The number of allylic oxidation sites excluding steroid dienone is 1. The minimum atomic E-state index is -0.114. The van der Waals surface area contributed by atoms with Gasteiger partial charge in [-0.15, -0.1) is 0 Å². The van der Waals surface area contributed by atoms with Crippen LogP contribution in [0.2, 0.25) is 0 Å². The van der Waals surface area contributed by atoms with Crippen LogP contribution in [0.1, 0.15) is 71.6 Å². The van der Waals surface area contributed by atoms with Gasteiger partial charge in [-0.1, -0.05) is 19.1 Å². The van der Waals surface area contributed by atoms with E-state index in [9.17, 15) is 4.79 Å². The van der Waals surface area contributed by atoms with Gasteiger partial charge in [-0.2, -0.15) is 0 Å². The molecule has 0 spiro atoms. The van der Waals surface area contributed by atoms with Gasteiger partial charge in [-0.25, -0.2) is 0 Å². The van der Waals surface area contributed by atoms with Gasteiger partial charge in [0, 0.05) is 6.92 Å². The molecule has 0 radical (unpaired) electrons. The Kier molecular flexibility index (Phi) is 4.16. The summed E-state index contributed by atoms with van der Waals surface area (Å²) in [5.41, 5.74) is 1.97. The maximum atomic E-state index is 11.1. The highest BCUT2D eigenvalue weighted by molar-refractivity contribution is 5.66. The number of hydrogen-bond acceptors (Lipinski definition) is 2. The van der Waals surface area contributed by atoms with Crippen LogP contribution in [-0.4, -0.2) is 12.1 Å². The van der Waals surface area contributed by atoms with Crippen molar-refractivity contribution >= 4 is 5.97 Å². The van der Waals surface area contributed by atoms with Gasteiger partial charge in [-0.05, 0) is 81.0 Å². The molecular weight excluding hydrogens is 260 g/mol. The molecule has 118 valence electrons. The number of esters is 1. The molecule has 0 N–H and O–H groups in total. The van der Waals surface area contributed by atoms with E-state index < -0.39 is 0 Å². The maximum absolute atomic E-state index is 11.1. The first-order valence-electron chi connectivity index (χ1n) is 8.84. The summed E-state index contributed by atoms with van der Waals surface area (Å²) in [6.07, 6.45) is 11.6. The van der Waals surface area contributed by atoms with Crippen LogP contribution >= 0.6 is 0 Å². The van der Waals surface area contributed by atoms with E-state index in [0.717, 1.165) is 30.6 Å². The van der Waals surface area contributed by atoms with E-state index in [1.165, 1.54) is 57.4 Å². The number of rotatable bonds is 2. The van der Waals surface area contributed by atoms with Gasteiger partial charge < -0.3 is 4.74 Å². The highest BCUT2D eigenvalue weighted by Crippen LogP contribution is 2.57. The maximum Gasteiger partial charge on any atom is 0.302 e. The van der Waals surface area contributed by atoms with Crippen LogP contribution in [0.5, 0.6) is 0 Å². The Bertz CT molecular complexity index is 419. The van der Waals surface area contributed by atoms with Gasteiger partial charge in [0.2, 0.25) is 0 Å². The standard InChI is InChI=1S/C19H30O2/c1-13-4-7-17-12-16(10-11-19(13,17)3)15-5-8-18(9-6-15)21-14(2)20/h15-18H,1,4-12H2,2-3H3/t15?,16?,17?,18?,19-/m1/s1. The predicted molar refractivity (Wildman–Crippen MR) is 84.8 cm³/mol. The monoisotopic (exact) mass is 290 g/mol. The fourth-order valence-corrected chi connectivity index (χ4v) is 5.31. The average Bonchev–Trinajstić information content (AvgIpc) is 2.75. The normalized spacial score (nSPS) is 43.4. The molecule has 3 aliphatic rings. The molecule has 2 unspecified atom stereocenters. The van der Waals surface area contributed by atoms with E-state index in [1.54, 1.807) is 0 Å². The molecule has 0 amide bonds. The zero-order chi connectivity index (χ0) is 15.0. The predicted octanol–water partition coefficient (Wildman–Crippen LogP) is 4.88. The van der Waals surface area contributed by atoms with Crippen molar-refractivity contribution < 1.29 is 9.53 Å². The van der Waals surface area contributed by atoms with Crippen LogP contribution in [0.25, 0.3) is 0 Å². The Hall–Kier alpha value is -0.790. The summed E-state index contributed by atoms with van der Waals surface area (Å²) in [6, 6.07) is 0. The molecule has 0 aliphatic heterocycles. The third kappa shape index (κ3) is 2.91. The van der Waals surface area contributed by atoms with Crippen LogP contribution < -0.4 is 0 Å². The molecule has 3 atom stereocenters. The molecule has 21 heavy (non-hydrogen) atoms. The van der Waals surface area contributed by atoms with Gasteiger partial charge in [0.15, 0.2) is 0 Å². The summed E-state index contributed by atoms with van der Waals surface area (Å²) in [6.45, 7) is 8.32. The van der Waals surface area contributed by atoms with Crippen LogP contribution in [0.15, 0.2) is 12.2 Å². The molecule has 3 fully saturated rings. The van der Waals surface area contributed by atoms with E-state index >= 15 is 0 Å². The Labute approximate surface area is 129 Å². The minimum Gasteiger partial charge on any atom is -0.463 e. The molecule has 0 heterocycles. The van der Waals surface area contributed by atoms with Crippen molar-refractivity contribution in [1.82, 2.24) is 0 Å². The summed E-state index contributed by atoms with van der Waals surface area (Å²) in [7, 11) is 0. The van der Waals surface area contributed by atoms with Gasteiger partial charge in [-0.3, -0.25) is 4.79 Å². The van der Waals surface area contributed by atoms with Crippen molar-refractivity contribution in [1.29, 1.82) is 0 Å². The van der Waals surface area contributed by atoms with E-state index in [4.69, 9.17) is 4.74 Å². The summed E-state index contributed by atoms with van der Waals surface area (Å²) in [5, 5.41) is 0. The molecule has 0 saturated heterocycles. The second-order valence-electron chi connectivity index (χ2n) is 7.94. The van der Waals surface area contributed by atoms with E-state index in [2.05, 4.69) is 13.5 Å². The Balaban J connectivity index is 1.53. The Morgan fingerprint density at radius 1 is 1.14 bits per heavy atom. The fourth-order valence-electron chi connectivity index (χ4n) is 5.31. The summed E-state index contributed by atoms with van der Waals surface area (Å²) >= 11 is 0. The Morgan fingerprint density at radius 3 is 2.52 bits per heavy atom. The largest absolute Gasteiger partial charge is 0.463 e. The fraction of sp³-hybridized carbons (Fsp3) is 0.842. The van der Waals surface area contributed by atoms with Crippen molar-refractivity contribution in [3.8, 4) is 0 Å². The van der Waals surface area contributed by atoms with Crippen molar-refractivity contribution in [3.63, 3.8) is 0 Å². The first-order chi connectivity index (χ1) is 9.99. The topological polar surface area (TPSA) is 26.3 Å². The first kappa shape index (κ1) is 15.1. The van der Waals surface area contributed by atoms with Crippen LogP contribution in [0, 0.1) is 23.2 Å². The number of ether oxygens (including phenoxy) is 1. The van der Waals surface area contributed by atoms with Crippen molar-refractivity contribution in [2.24, 2.45) is 23.2 Å². The molecule has 0 aromatic rings. The number of carbonyl (C=O) groups is 1. The molecule has 3 aliphatic carbocycles. The van der Waals surface area contributed by atoms with Crippen molar-refractivity contribution in [3.05, 3.63) is 12.2 Å². The number of carbonyl (C=O) groups excluding carboxylic acids is 1. The van der Waals surface area contributed by atoms with Gasteiger partial charge in [0.05, 0.1) is 0 Å². The van der Waals surface area contributed by atoms with Crippen LogP contribution in [0.3, 0.4) is 0 Å². The van der Waals surface area contributed by atoms with Crippen LogP contribution in [0.4, 0.5) is 0 Å². The lowest BCUT2D eigenvalue weighted by Crippen LogP contribution is -2.35. The van der Waals surface area contributed by atoms with E-state index in [-0.39, 0.29) is 12.1 Å². The molecule has 3 rings (SSSR count). The third-order valence-corrected chi connectivity index (χ3v) is 6.84. The second kappa shape index (κ2) is 5.78. The quantitative estimate of drug-likeness (QED) is 0.535. The zero-order valence-electron chi connectivity index (χ0n) is 13.7. The van der Waals surface area contributed by atoms with Gasteiger partial charge >= 0.3 is 5.97 Å². The molecular formula is C19H30O2. The van der Waals surface area contributed by atoms with Crippen molar-refractivity contribution in [2.75, 3.05) is 0 Å². The van der Waals surface area contributed by atoms with Gasteiger partial charge in [0.25, 0.3) is 0 Å². The lowest BCUT2D eigenvalue weighted by Gasteiger charge is -2.44. The lowest BCUT2D eigenvalue weighted by molar-refractivity contribution is -0.148. The highest BCUT2D eigenvalue weighted by atomic mass is 16.5. The highest BCUT2D eigenvalue weighted by Gasteiger charge is 2.46. The van der Waals surface area contributed by atoms with E-state index in [0.29, 0.717) is 5.41 Å². The van der Waals surface area contributed by atoms with Crippen LogP contribution in [-0.2, 0) is 9.53 Å². The van der Waals surface area contributed by atoms with Gasteiger partial charge in [0.1, 0.15) is 6.10 Å². The average molecular weight is 290 g/mol. The first-order valence-corrected chi connectivity index (χ1v) is 8.84. The van der Waals surface area contributed by atoms with E-state index in [1.807, 2.05) is 0 Å². The zero-order valence-corrected chi connectivity index (χ0v) is 13.7. The van der Waals surface area contributed by atoms with Crippen molar-refractivity contribution in [2.45, 2.75) is 77.7 Å². The summed E-state index contributed by atoms with van der Waals surface area (Å²) in [5.74, 6) is 2.55. The SMILES string of the molecule is C=C1CCC2CC(C3CCC(OC(C)=O)CC3)CC[C@]12C.